The third kappa shape index (κ3) is 5.19. The fourth-order valence-electron chi connectivity index (χ4n) is 5.23. The molecule has 1 atom stereocenters. The van der Waals surface area contributed by atoms with E-state index < -0.39 is 0 Å². The number of hydrogen-bond donors (Lipinski definition) is 0. The summed E-state index contributed by atoms with van der Waals surface area (Å²) < 4.78 is 0. The normalized spacial score (nSPS) is 24.8. The van der Waals surface area contributed by atoms with E-state index in [-0.39, 0.29) is 11.8 Å². The van der Waals surface area contributed by atoms with Gasteiger partial charge < -0.3 is 9.80 Å². The lowest BCUT2D eigenvalue weighted by Crippen LogP contribution is -2.55. The van der Waals surface area contributed by atoms with Gasteiger partial charge in [-0.2, -0.15) is 0 Å². The molecule has 4 heterocycles. The summed E-state index contributed by atoms with van der Waals surface area (Å²) in [6.07, 6.45) is 8.22. The van der Waals surface area contributed by atoms with Gasteiger partial charge in [-0.25, -0.2) is 0 Å². The Morgan fingerprint density at radius 1 is 0.933 bits per heavy atom. The molecule has 3 aliphatic heterocycles. The van der Waals surface area contributed by atoms with Crippen molar-refractivity contribution in [3.63, 3.8) is 0 Å². The van der Waals surface area contributed by atoms with Crippen LogP contribution < -0.4 is 0 Å². The van der Waals surface area contributed by atoms with Gasteiger partial charge in [-0.15, -0.1) is 0 Å². The minimum atomic E-state index is 0.112. The summed E-state index contributed by atoms with van der Waals surface area (Å²) in [5, 5.41) is 0. The minimum Gasteiger partial charge on any atom is -0.339 e. The molecule has 7 nitrogen and oxygen atoms in total. The Balaban J connectivity index is 1.24. The Morgan fingerprint density at radius 3 is 2.27 bits per heavy atom. The predicted octanol–water partition coefficient (Wildman–Crippen LogP) is 1.45. The van der Waals surface area contributed by atoms with Gasteiger partial charge in [-0.3, -0.25) is 24.4 Å². The van der Waals surface area contributed by atoms with Crippen molar-refractivity contribution < 1.29 is 9.59 Å². The summed E-state index contributed by atoms with van der Waals surface area (Å²) in [5.41, 5.74) is 1.33. The maximum Gasteiger partial charge on any atom is 0.227 e. The highest BCUT2D eigenvalue weighted by atomic mass is 16.2. The molecule has 164 valence electrons. The first-order valence-electron chi connectivity index (χ1n) is 11.5. The molecule has 30 heavy (non-hydrogen) atoms. The molecular formula is C23H35N5O2. The van der Waals surface area contributed by atoms with Crippen LogP contribution in [0.2, 0.25) is 0 Å². The number of likely N-dealkylation sites (tertiary alicyclic amines) is 2. The van der Waals surface area contributed by atoms with Crippen molar-refractivity contribution >= 4 is 11.8 Å². The monoisotopic (exact) mass is 413 g/mol. The topological polar surface area (TPSA) is 60.0 Å². The molecule has 0 aliphatic carbocycles. The van der Waals surface area contributed by atoms with Gasteiger partial charge in [0.15, 0.2) is 0 Å². The molecule has 1 aromatic heterocycles. The van der Waals surface area contributed by atoms with Crippen LogP contribution in [0.4, 0.5) is 0 Å². The smallest absolute Gasteiger partial charge is 0.227 e. The summed E-state index contributed by atoms with van der Waals surface area (Å²) in [6, 6.07) is 4.80. The van der Waals surface area contributed by atoms with Crippen molar-refractivity contribution in [2.45, 2.75) is 45.2 Å². The van der Waals surface area contributed by atoms with Gasteiger partial charge >= 0.3 is 0 Å². The summed E-state index contributed by atoms with van der Waals surface area (Å²) in [6.45, 7) is 9.59. The van der Waals surface area contributed by atoms with E-state index in [9.17, 15) is 9.59 Å². The van der Waals surface area contributed by atoms with Crippen molar-refractivity contribution in [3.05, 3.63) is 30.1 Å². The van der Waals surface area contributed by atoms with Gasteiger partial charge in [-0.05, 0) is 63.0 Å². The molecule has 0 aromatic carbocycles. The average Bonchev–Trinajstić information content (AvgIpc) is 2.80. The van der Waals surface area contributed by atoms with E-state index in [2.05, 4.69) is 26.9 Å². The molecule has 3 fully saturated rings. The van der Waals surface area contributed by atoms with Crippen molar-refractivity contribution in [1.82, 2.24) is 24.6 Å². The van der Waals surface area contributed by atoms with Crippen LogP contribution in [-0.2, 0) is 16.1 Å². The molecule has 0 N–H and O–H groups in total. The third-order valence-electron chi connectivity index (χ3n) is 7.07. The molecule has 1 unspecified atom stereocenters. The summed E-state index contributed by atoms with van der Waals surface area (Å²) in [5.74, 6) is 0.539. The van der Waals surface area contributed by atoms with E-state index in [0.717, 1.165) is 45.6 Å². The largest absolute Gasteiger partial charge is 0.339 e. The first-order chi connectivity index (χ1) is 14.6. The number of aromatic nitrogens is 1. The Hall–Kier alpha value is -1.99. The van der Waals surface area contributed by atoms with Crippen LogP contribution in [0.5, 0.6) is 0 Å². The number of carbonyl (C=O) groups excluding carboxylic acids is 2. The number of pyridine rings is 1. The van der Waals surface area contributed by atoms with Gasteiger partial charge in [-0.1, -0.05) is 0 Å². The summed E-state index contributed by atoms with van der Waals surface area (Å²) in [7, 11) is 0. The summed E-state index contributed by atoms with van der Waals surface area (Å²) >= 11 is 0. The van der Waals surface area contributed by atoms with Gasteiger partial charge in [0, 0.05) is 64.6 Å². The molecule has 7 heteroatoms. The Bertz CT molecular complexity index is 712. The maximum absolute atomic E-state index is 13.1. The van der Waals surface area contributed by atoms with Crippen molar-refractivity contribution in [2.24, 2.45) is 5.92 Å². The van der Waals surface area contributed by atoms with Crippen LogP contribution in [0.1, 0.15) is 38.2 Å². The molecule has 4 rings (SSSR count). The van der Waals surface area contributed by atoms with Gasteiger partial charge in [0.2, 0.25) is 11.8 Å². The molecule has 2 amide bonds. The first kappa shape index (κ1) is 21.2. The van der Waals surface area contributed by atoms with E-state index in [1.54, 1.807) is 6.92 Å². The van der Waals surface area contributed by atoms with E-state index in [0.29, 0.717) is 38.1 Å². The maximum atomic E-state index is 13.1. The molecule has 0 radical (unpaired) electrons. The SMILES string of the molecule is CC(=O)N1CCN(C(=O)C2CCCN(C3CCN(Cc4ccncc4)CC3)C2)CC1. The zero-order chi connectivity index (χ0) is 20.9. The van der Waals surface area contributed by atoms with E-state index >= 15 is 0 Å². The number of hydrogen-bond acceptors (Lipinski definition) is 5. The molecule has 0 spiro atoms. The lowest BCUT2D eigenvalue weighted by molar-refractivity contribution is -0.143. The van der Waals surface area contributed by atoms with Gasteiger partial charge in [0.05, 0.1) is 5.92 Å². The lowest BCUT2D eigenvalue weighted by atomic mass is 9.92. The molecule has 3 saturated heterocycles. The zero-order valence-electron chi connectivity index (χ0n) is 18.2. The van der Waals surface area contributed by atoms with Crippen LogP contribution in [-0.4, -0.2) is 94.8 Å². The minimum absolute atomic E-state index is 0.112. The Morgan fingerprint density at radius 2 is 1.60 bits per heavy atom. The van der Waals surface area contributed by atoms with Crippen molar-refractivity contribution in [1.29, 1.82) is 0 Å². The standard InChI is InChI=1S/C23H35N5O2/c1-19(29)26-13-15-27(16-14-26)23(30)21-3-2-10-28(18-21)22-6-11-25(12-7-22)17-20-4-8-24-9-5-20/h4-5,8-9,21-22H,2-3,6-7,10-18H2,1H3. The Kier molecular flexibility index (Phi) is 7.00. The molecule has 1 aromatic rings. The highest BCUT2D eigenvalue weighted by Crippen LogP contribution is 2.26. The summed E-state index contributed by atoms with van der Waals surface area (Å²) in [4.78, 5) is 37.7. The van der Waals surface area contributed by atoms with Crippen LogP contribution >= 0.6 is 0 Å². The first-order valence-corrected chi connectivity index (χ1v) is 11.5. The zero-order valence-corrected chi connectivity index (χ0v) is 18.2. The Labute approximate surface area is 180 Å². The molecule has 0 saturated carbocycles. The van der Waals surface area contributed by atoms with E-state index in [1.807, 2.05) is 22.2 Å². The number of piperazine rings is 1. The number of piperidine rings is 2. The van der Waals surface area contributed by atoms with Crippen molar-refractivity contribution in [3.8, 4) is 0 Å². The molecule has 0 bridgehead atoms. The van der Waals surface area contributed by atoms with Crippen LogP contribution in [0.15, 0.2) is 24.5 Å². The third-order valence-corrected chi connectivity index (χ3v) is 7.07. The lowest BCUT2D eigenvalue weighted by Gasteiger charge is -2.43. The van der Waals surface area contributed by atoms with Crippen molar-refractivity contribution in [2.75, 3.05) is 52.4 Å². The number of nitrogens with zero attached hydrogens (tertiary/aromatic N) is 5. The second-order valence-corrected chi connectivity index (χ2v) is 9.03. The second-order valence-electron chi connectivity index (χ2n) is 9.03. The molecule has 3 aliphatic rings. The van der Waals surface area contributed by atoms with Crippen LogP contribution in [0.25, 0.3) is 0 Å². The van der Waals surface area contributed by atoms with E-state index in [1.165, 1.54) is 18.4 Å². The fraction of sp³-hybridized carbons (Fsp3) is 0.696. The average molecular weight is 414 g/mol. The quantitative estimate of drug-likeness (QED) is 0.748. The second kappa shape index (κ2) is 9.88. The van der Waals surface area contributed by atoms with Crippen LogP contribution in [0.3, 0.4) is 0 Å². The van der Waals surface area contributed by atoms with Gasteiger partial charge in [0.25, 0.3) is 0 Å². The highest BCUT2D eigenvalue weighted by molar-refractivity contribution is 5.80. The highest BCUT2D eigenvalue weighted by Gasteiger charge is 2.34. The van der Waals surface area contributed by atoms with Gasteiger partial charge in [0.1, 0.15) is 0 Å². The number of rotatable bonds is 4. The van der Waals surface area contributed by atoms with Crippen LogP contribution in [0, 0.1) is 5.92 Å². The molecular weight excluding hydrogens is 378 g/mol. The fourth-order valence-corrected chi connectivity index (χ4v) is 5.23. The predicted molar refractivity (Wildman–Crippen MR) is 116 cm³/mol. The number of carbonyl (C=O) groups is 2. The van der Waals surface area contributed by atoms with E-state index in [4.69, 9.17) is 0 Å². The number of amides is 2.